The van der Waals surface area contributed by atoms with Crippen LogP contribution >= 0.6 is 0 Å². The molecule has 3 heteroatoms. The van der Waals surface area contributed by atoms with Gasteiger partial charge < -0.3 is 10.4 Å². The fourth-order valence-corrected chi connectivity index (χ4v) is 2.18. The van der Waals surface area contributed by atoms with Crippen LogP contribution in [0.3, 0.4) is 0 Å². The van der Waals surface area contributed by atoms with Crippen molar-refractivity contribution < 1.29 is 9.50 Å². The van der Waals surface area contributed by atoms with Crippen LogP contribution in [0.25, 0.3) is 0 Å². The first-order valence-corrected chi connectivity index (χ1v) is 5.82. The predicted molar refractivity (Wildman–Crippen MR) is 61.8 cm³/mol. The topological polar surface area (TPSA) is 32.3 Å². The summed E-state index contributed by atoms with van der Waals surface area (Å²) in [6.07, 6.45) is 1.62. The fraction of sp³-hybridized carbons (Fsp3) is 0.538. The van der Waals surface area contributed by atoms with Crippen molar-refractivity contribution >= 4 is 0 Å². The first kappa shape index (κ1) is 11.6. The van der Waals surface area contributed by atoms with Crippen molar-refractivity contribution in [1.29, 1.82) is 0 Å². The minimum absolute atomic E-state index is 0.0959. The molecule has 0 bridgehead atoms. The molecule has 2 rings (SSSR count). The SMILES string of the molecule is C[C@@H](O)CNC1CC(c2ccccc2F)C1. The standard InChI is InChI=1S/C13H18FNO/c1-9(16)8-15-11-6-10(7-11)12-4-2-3-5-13(12)14/h2-5,9-11,15-16H,6-8H2,1H3/t9-,10?,11?/m1/s1. The lowest BCUT2D eigenvalue weighted by Crippen LogP contribution is -2.43. The van der Waals surface area contributed by atoms with Gasteiger partial charge in [0.2, 0.25) is 0 Å². The van der Waals surface area contributed by atoms with Crippen molar-refractivity contribution in [2.24, 2.45) is 0 Å². The van der Waals surface area contributed by atoms with Gasteiger partial charge in [-0.05, 0) is 37.3 Å². The van der Waals surface area contributed by atoms with Gasteiger partial charge in [0.05, 0.1) is 6.10 Å². The van der Waals surface area contributed by atoms with E-state index in [1.54, 1.807) is 13.0 Å². The van der Waals surface area contributed by atoms with Crippen LogP contribution in [0, 0.1) is 5.82 Å². The van der Waals surface area contributed by atoms with Crippen molar-refractivity contribution in [2.75, 3.05) is 6.54 Å². The van der Waals surface area contributed by atoms with Gasteiger partial charge in [-0.2, -0.15) is 0 Å². The van der Waals surface area contributed by atoms with E-state index in [1.165, 1.54) is 6.07 Å². The second-order valence-electron chi connectivity index (χ2n) is 4.64. The third-order valence-corrected chi connectivity index (χ3v) is 3.19. The molecule has 0 heterocycles. The molecule has 2 N–H and O–H groups in total. The Balaban J connectivity index is 1.82. The first-order chi connectivity index (χ1) is 7.66. The maximum Gasteiger partial charge on any atom is 0.126 e. The largest absolute Gasteiger partial charge is 0.392 e. The van der Waals surface area contributed by atoms with Crippen molar-refractivity contribution in [3.05, 3.63) is 35.6 Å². The van der Waals surface area contributed by atoms with Gasteiger partial charge in [0.1, 0.15) is 5.82 Å². The molecule has 88 valence electrons. The number of aliphatic hydroxyl groups excluding tert-OH is 1. The van der Waals surface area contributed by atoms with Crippen LogP contribution in [-0.4, -0.2) is 23.8 Å². The van der Waals surface area contributed by atoms with Crippen LogP contribution in [0.2, 0.25) is 0 Å². The summed E-state index contributed by atoms with van der Waals surface area (Å²) in [5, 5.41) is 12.4. The normalized spacial score (nSPS) is 26.2. The lowest BCUT2D eigenvalue weighted by molar-refractivity contribution is 0.171. The minimum atomic E-state index is -0.312. The number of rotatable bonds is 4. The van der Waals surface area contributed by atoms with Crippen LogP contribution in [0.4, 0.5) is 4.39 Å². The van der Waals surface area contributed by atoms with Gasteiger partial charge in [0.25, 0.3) is 0 Å². The average Bonchev–Trinajstić information content (AvgIpc) is 2.17. The summed E-state index contributed by atoms with van der Waals surface area (Å²) in [5.74, 6) is 0.245. The summed E-state index contributed by atoms with van der Waals surface area (Å²) in [6.45, 7) is 2.38. The molecular formula is C13H18FNO. The van der Waals surface area contributed by atoms with E-state index >= 15 is 0 Å². The molecular weight excluding hydrogens is 205 g/mol. The molecule has 1 aliphatic rings. The Hall–Kier alpha value is -0.930. The third kappa shape index (κ3) is 2.60. The van der Waals surface area contributed by atoms with Gasteiger partial charge in [-0.15, -0.1) is 0 Å². The van der Waals surface area contributed by atoms with Crippen LogP contribution in [-0.2, 0) is 0 Å². The number of hydrogen-bond donors (Lipinski definition) is 2. The van der Waals surface area contributed by atoms with Gasteiger partial charge >= 0.3 is 0 Å². The Bertz CT molecular complexity index is 348. The van der Waals surface area contributed by atoms with Crippen molar-refractivity contribution in [3.63, 3.8) is 0 Å². The van der Waals surface area contributed by atoms with E-state index in [1.807, 2.05) is 12.1 Å². The second-order valence-corrected chi connectivity index (χ2v) is 4.64. The molecule has 0 amide bonds. The van der Waals surface area contributed by atoms with E-state index in [4.69, 9.17) is 5.11 Å². The minimum Gasteiger partial charge on any atom is -0.392 e. The molecule has 0 aromatic heterocycles. The monoisotopic (exact) mass is 223 g/mol. The number of benzene rings is 1. The Kier molecular flexibility index (Phi) is 3.56. The van der Waals surface area contributed by atoms with Crippen LogP contribution in [0.1, 0.15) is 31.2 Å². The predicted octanol–water partition coefficient (Wildman–Crippen LogP) is 2.04. The Morgan fingerprint density at radius 3 is 2.75 bits per heavy atom. The zero-order valence-electron chi connectivity index (χ0n) is 9.49. The maximum atomic E-state index is 13.4. The maximum absolute atomic E-state index is 13.4. The summed E-state index contributed by atoms with van der Waals surface area (Å²) in [6, 6.07) is 7.42. The highest BCUT2D eigenvalue weighted by atomic mass is 19.1. The van der Waals surface area contributed by atoms with Crippen molar-refractivity contribution in [1.82, 2.24) is 5.32 Å². The Morgan fingerprint density at radius 1 is 1.44 bits per heavy atom. The Labute approximate surface area is 95.5 Å². The molecule has 1 aromatic carbocycles. The summed E-state index contributed by atoms with van der Waals surface area (Å²) in [7, 11) is 0. The fourth-order valence-electron chi connectivity index (χ4n) is 2.18. The van der Waals surface area contributed by atoms with E-state index in [9.17, 15) is 4.39 Å². The molecule has 16 heavy (non-hydrogen) atoms. The summed E-state index contributed by atoms with van der Waals surface area (Å²) < 4.78 is 13.4. The van der Waals surface area contributed by atoms with Crippen molar-refractivity contribution in [3.8, 4) is 0 Å². The molecule has 1 saturated carbocycles. The summed E-state index contributed by atoms with van der Waals surface area (Å²) >= 11 is 0. The van der Waals surface area contributed by atoms with Gasteiger partial charge in [-0.1, -0.05) is 18.2 Å². The Morgan fingerprint density at radius 2 is 2.12 bits per heavy atom. The molecule has 1 atom stereocenters. The lowest BCUT2D eigenvalue weighted by Gasteiger charge is -2.36. The highest BCUT2D eigenvalue weighted by molar-refractivity contribution is 5.24. The molecule has 0 radical (unpaired) electrons. The van der Waals surface area contributed by atoms with Crippen LogP contribution < -0.4 is 5.32 Å². The zero-order chi connectivity index (χ0) is 11.5. The molecule has 0 saturated heterocycles. The number of aliphatic hydroxyl groups is 1. The van der Waals surface area contributed by atoms with Gasteiger partial charge in [-0.25, -0.2) is 4.39 Å². The molecule has 0 unspecified atom stereocenters. The zero-order valence-corrected chi connectivity index (χ0v) is 9.49. The van der Waals surface area contributed by atoms with Gasteiger partial charge in [0.15, 0.2) is 0 Å². The molecule has 1 aliphatic carbocycles. The highest BCUT2D eigenvalue weighted by Crippen LogP contribution is 2.37. The van der Waals surface area contributed by atoms with E-state index in [0.717, 1.165) is 18.4 Å². The average molecular weight is 223 g/mol. The van der Waals surface area contributed by atoms with E-state index < -0.39 is 0 Å². The van der Waals surface area contributed by atoms with Gasteiger partial charge in [0, 0.05) is 12.6 Å². The second kappa shape index (κ2) is 4.93. The number of nitrogens with one attached hydrogen (secondary N) is 1. The molecule has 2 nitrogen and oxygen atoms in total. The van der Waals surface area contributed by atoms with Crippen LogP contribution in [0.5, 0.6) is 0 Å². The van der Waals surface area contributed by atoms with Gasteiger partial charge in [-0.3, -0.25) is 0 Å². The number of hydrogen-bond acceptors (Lipinski definition) is 2. The quantitative estimate of drug-likeness (QED) is 0.818. The number of halogens is 1. The third-order valence-electron chi connectivity index (χ3n) is 3.19. The lowest BCUT2D eigenvalue weighted by atomic mass is 9.75. The van der Waals surface area contributed by atoms with E-state index in [2.05, 4.69) is 5.32 Å². The highest BCUT2D eigenvalue weighted by Gasteiger charge is 2.31. The molecule has 1 aromatic rings. The smallest absolute Gasteiger partial charge is 0.126 e. The molecule has 0 spiro atoms. The van der Waals surface area contributed by atoms with E-state index in [0.29, 0.717) is 18.5 Å². The van der Waals surface area contributed by atoms with Crippen LogP contribution in [0.15, 0.2) is 24.3 Å². The molecule has 0 aliphatic heterocycles. The summed E-state index contributed by atoms with van der Waals surface area (Å²) in [4.78, 5) is 0. The van der Waals surface area contributed by atoms with E-state index in [-0.39, 0.29) is 11.9 Å². The van der Waals surface area contributed by atoms with Crippen molar-refractivity contribution in [2.45, 2.75) is 37.8 Å². The summed E-state index contributed by atoms with van der Waals surface area (Å²) in [5.41, 5.74) is 0.831. The first-order valence-electron chi connectivity index (χ1n) is 5.82. The molecule has 1 fully saturated rings.